The predicted molar refractivity (Wildman–Crippen MR) is 141 cm³/mol. The van der Waals surface area contributed by atoms with Crippen LogP contribution in [0.15, 0.2) is 63.7 Å². The molecule has 4 aromatic rings. The third kappa shape index (κ3) is 4.09. The van der Waals surface area contributed by atoms with Gasteiger partial charge in [0.25, 0.3) is 10.6 Å². The Hall–Kier alpha value is -2.61. The molecule has 2 aromatic carbocycles. The van der Waals surface area contributed by atoms with E-state index in [9.17, 15) is 4.79 Å². The Kier molecular flexibility index (Phi) is 6.03. The van der Waals surface area contributed by atoms with Crippen LogP contribution in [0.3, 0.4) is 0 Å². The molecule has 0 saturated heterocycles. The Morgan fingerprint density at radius 1 is 1.12 bits per heavy atom. The number of nitrogens with zero attached hydrogens (tertiary/aromatic N) is 3. The Bertz CT molecular complexity index is 1530. The largest absolute Gasteiger partial charge is 0.337 e. The zero-order chi connectivity index (χ0) is 23.1. The molecule has 33 heavy (non-hydrogen) atoms. The van der Waals surface area contributed by atoms with Crippen molar-refractivity contribution >= 4 is 51.2 Å². The van der Waals surface area contributed by atoms with Gasteiger partial charge in [0.1, 0.15) is 14.2 Å². The number of hydrogen-bond donors (Lipinski definition) is 0. The molecular weight excluding hydrogens is 467 g/mol. The molecule has 0 radical (unpaired) electrons. The van der Waals surface area contributed by atoms with Gasteiger partial charge in [-0.25, -0.2) is 0 Å². The number of hydrogen-bond acceptors (Lipinski definition) is 5. The van der Waals surface area contributed by atoms with E-state index in [1.54, 1.807) is 34.4 Å². The van der Waals surface area contributed by atoms with Gasteiger partial charge in [0, 0.05) is 24.1 Å². The summed E-state index contributed by atoms with van der Waals surface area (Å²) in [6.07, 6.45) is 4.29. The highest BCUT2D eigenvalue weighted by Gasteiger charge is 2.25. The fraction of sp³-hybridized carbons (Fsp3) is 0.231. The number of rotatable bonds is 4. The van der Waals surface area contributed by atoms with Crippen LogP contribution in [-0.2, 0) is 13.1 Å². The normalized spacial score (nSPS) is 15.4. The Morgan fingerprint density at radius 3 is 2.73 bits per heavy atom. The molecular formula is C26H26N3OS3+. The van der Waals surface area contributed by atoms with Crippen LogP contribution in [0.2, 0.25) is 0 Å². The number of thiazole rings is 2. The van der Waals surface area contributed by atoms with Crippen molar-refractivity contribution in [1.82, 2.24) is 4.57 Å². The highest BCUT2D eigenvalue weighted by atomic mass is 32.2. The first-order valence-electron chi connectivity index (χ1n) is 11.0. The Labute approximate surface area is 205 Å². The summed E-state index contributed by atoms with van der Waals surface area (Å²) in [5, 5.41) is 4.28. The highest BCUT2D eigenvalue weighted by Crippen LogP contribution is 2.45. The zero-order valence-electron chi connectivity index (χ0n) is 19.2. The minimum absolute atomic E-state index is 0.0923. The summed E-state index contributed by atoms with van der Waals surface area (Å²) in [6.45, 7) is 7.77. The average molecular weight is 493 g/mol. The molecule has 0 bridgehead atoms. The van der Waals surface area contributed by atoms with E-state index >= 15 is 0 Å². The monoisotopic (exact) mass is 492 g/mol. The molecule has 0 aliphatic carbocycles. The number of aryl methyl sites for hydroxylation is 2. The van der Waals surface area contributed by atoms with Crippen LogP contribution in [0.1, 0.15) is 28.6 Å². The molecule has 1 aliphatic rings. The fourth-order valence-corrected chi connectivity index (χ4v) is 7.48. The number of anilines is 1. The van der Waals surface area contributed by atoms with E-state index in [1.165, 1.54) is 21.6 Å². The average Bonchev–Trinajstić information content (AvgIpc) is 3.46. The molecule has 1 aliphatic heterocycles. The van der Waals surface area contributed by atoms with E-state index < -0.39 is 0 Å². The van der Waals surface area contributed by atoms with E-state index in [4.69, 9.17) is 0 Å². The highest BCUT2D eigenvalue weighted by molar-refractivity contribution is 8.08. The van der Waals surface area contributed by atoms with Crippen LogP contribution in [0.25, 0.3) is 11.1 Å². The maximum Gasteiger partial charge on any atom is 0.271 e. The molecule has 0 amide bonds. The first-order valence-corrected chi connectivity index (χ1v) is 13.5. The number of thioether (sulfide) groups is 1. The first-order chi connectivity index (χ1) is 16.0. The van der Waals surface area contributed by atoms with Gasteiger partial charge in [-0.1, -0.05) is 53.4 Å². The van der Waals surface area contributed by atoms with E-state index in [0.717, 1.165) is 31.5 Å². The molecule has 5 rings (SSSR count). The molecule has 0 unspecified atom stereocenters. The van der Waals surface area contributed by atoms with Gasteiger partial charge in [-0.2, -0.15) is 4.57 Å². The summed E-state index contributed by atoms with van der Waals surface area (Å²) in [5.41, 5.74) is 5.09. The van der Waals surface area contributed by atoms with E-state index in [0.29, 0.717) is 6.54 Å². The molecule has 3 heterocycles. The van der Waals surface area contributed by atoms with Gasteiger partial charge >= 0.3 is 0 Å². The number of aromatic nitrogens is 2. The molecule has 7 heteroatoms. The van der Waals surface area contributed by atoms with E-state index in [2.05, 4.69) is 90.5 Å². The van der Waals surface area contributed by atoms with Crippen LogP contribution >= 0.6 is 34.4 Å². The van der Waals surface area contributed by atoms with Crippen molar-refractivity contribution < 1.29 is 4.57 Å². The first kappa shape index (κ1) is 22.2. The van der Waals surface area contributed by atoms with Crippen LogP contribution in [0.4, 0.5) is 5.69 Å². The summed E-state index contributed by atoms with van der Waals surface area (Å²) in [6, 6.07) is 15.0. The second-order valence-electron chi connectivity index (χ2n) is 8.20. The van der Waals surface area contributed by atoms with Gasteiger partial charge in [0.05, 0.1) is 17.1 Å². The van der Waals surface area contributed by atoms with Crippen molar-refractivity contribution in [2.24, 2.45) is 0 Å². The van der Waals surface area contributed by atoms with Gasteiger partial charge in [-0.3, -0.25) is 9.36 Å². The van der Waals surface area contributed by atoms with Crippen molar-refractivity contribution in [3.8, 4) is 0 Å². The van der Waals surface area contributed by atoms with Crippen molar-refractivity contribution in [1.29, 1.82) is 0 Å². The third-order valence-corrected chi connectivity index (χ3v) is 9.29. The van der Waals surface area contributed by atoms with E-state index in [1.807, 2.05) is 11.5 Å². The van der Waals surface area contributed by atoms with Gasteiger partial charge in [-0.05, 0) is 44.0 Å². The zero-order valence-corrected chi connectivity index (χ0v) is 21.6. The van der Waals surface area contributed by atoms with Gasteiger partial charge in [-0.15, -0.1) is 11.3 Å². The molecule has 0 saturated carbocycles. The summed E-state index contributed by atoms with van der Waals surface area (Å²) in [7, 11) is 2.05. The smallest absolute Gasteiger partial charge is 0.271 e. The molecule has 0 fully saturated rings. The minimum atomic E-state index is 0.0923. The van der Waals surface area contributed by atoms with Crippen LogP contribution in [0.5, 0.6) is 0 Å². The van der Waals surface area contributed by atoms with Gasteiger partial charge < -0.3 is 4.90 Å². The van der Waals surface area contributed by atoms with Gasteiger partial charge in [0.2, 0.25) is 0 Å². The molecule has 4 nitrogen and oxygen atoms in total. The lowest BCUT2D eigenvalue weighted by molar-refractivity contribution is -0.685. The maximum absolute atomic E-state index is 13.4. The van der Waals surface area contributed by atoms with Crippen molar-refractivity contribution in [2.75, 3.05) is 11.9 Å². The molecule has 168 valence electrons. The van der Waals surface area contributed by atoms with Crippen LogP contribution in [-0.4, -0.2) is 11.6 Å². The summed E-state index contributed by atoms with van der Waals surface area (Å²) in [4.78, 5) is 16.8. The van der Waals surface area contributed by atoms with Gasteiger partial charge in [0.15, 0.2) is 12.7 Å². The third-order valence-electron chi connectivity index (χ3n) is 5.97. The Morgan fingerprint density at radius 2 is 1.94 bits per heavy atom. The molecule has 0 atom stereocenters. The summed E-state index contributed by atoms with van der Waals surface area (Å²) < 4.78 is 5.96. The second-order valence-corrected chi connectivity index (χ2v) is 11.2. The lowest BCUT2D eigenvalue weighted by atomic mass is 10.1. The Balaban J connectivity index is 1.61. The SMILES string of the molecule is CCn1c(=O)/c(=C2\Sc3cc(C)ccc3N2C)s/c1=C\c1scc[n+]1Cc1ccccc1C. The molecule has 0 spiro atoms. The van der Waals surface area contributed by atoms with Crippen molar-refractivity contribution in [3.05, 3.63) is 95.3 Å². The molecule has 2 aromatic heterocycles. The number of benzene rings is 2. The van der Waals surface area contributed by atoms with Crippen LogP contribution < -0.4 is 24.2 Å². The maximum atomic E-state index is 13.4. The topological polar surface area (TPSA) is 29.1 Å². The van der Waals surface area contributed by atoms with Crippen LogP contribution in [0, 0.1) is 13.8 Å². The quantitative estimate of drug-likeness (QED) is 0.402. The summed E-state index contributed by atoms with van der Waals surface area (Å²) in [5.74, 6) is 0. The standard InChI is InChI=1S/C26H26N3OS3/c1-5-29-23(15-22-28(12-13-31-22)16-19-9-7-6-8-18(19)3)33-24(25(29)30)26-27(4)20-11-10-17(2)14-21(20)32-26/h6-15H,5,16H2,1-4H3/q+1/b26-24+. The number of fused-ring (bicyclic) bond motifs is 1. The second kappa shape index (κ2) is 8.97. The minimum Gasteiger partial charge on any atom is -0.337 e. The summed E-state index contributed by atoms with van der Waals surface area (Å²) >= 11 is 4.99. The lowest BCUT2D eigenvalue weighted by Gasteiger charge is -2.12. The van der Waals surface area contributed by atoms with Crippen molar-refractivity contribution in [3.63, 3.8) is 0 Å². The molecule has 0 N–H and O–H groups in total. The predicted octanol–water partition coefficient (Wildman–Crippen LogP) is 4.08. The lowest BCUT2D eigenvalue weighted by Crippen LogP contribution is -2.36. The fourth-order valence-electron chi connectivity index (χ4n) is 4.07. The van der Waals surface area contributed by atoms with E-state index in [-0.39, 0.29) is 5.56 Å². The van der Waals surface area contributed by atoms with Crippen molar-refractivity contribution in [2.45, 2.75) is 38.8 Å².